The Hall–Kier alpha value is -1.94. The number of aromatic nitrogens is 2. The minimum atomic E-state index is 0.396. The van der Waals surface area contributed by atoms with Crippen LogP contribution in [-0.4, -0.2) is 16.0 Å². The molecule has 0 saturated heterocycles. The average Bonchev–Trinajstić information content (AvgIpc) is 2.41. The summed E-state index contributed by atoms with van der Waals surface area (Å²) in [5.41, 5.74) is 4.34. The van der Waals surface area contributed by atoms with Gasteiger partial charge in [-0.15, -0.1) is 0 Å². The first-order valence-corrected chi connectivity index (χ1v) is 7.26. The van der Waals surface area contributed by atoms with Crippen LogP contribution in [0.1, 0.15) is 36.2 Å². The highest BCUT2D eigenvalue weighted by atomic mass is 16.5. The molecule has 2 aromatic rings. The van der Waals surface area contributed by atoms with Crippen molar-refractivity contribution in [1.82, 2.24) is 15.3 Å². The molecule has 21 heavy (non-hydrogen) atoms. The number of rotatable bonds is 5. The van der Waals surface area contributed by atoms with Gasteiger partial charge in [0, 0.05) is 30.0 Å². The van der Waals surface area contributed by atoms with Crippen molar-refractivity contribution in [2.24, 2.45) is 0 Å². The number of hydrogen-bond donors (Lipinski definition) is 1. The Balaban J connectivity index is 2.12. The second-order valence-corrected chi connectivity index (χ2v) is 5.67. The molecule has 0 unspecified atom stereocenters. The summed E-state index contributed by atoms with van der Waals surface area (Å²) in [4.78, 5) is 8.74. The summed E-state index contributed by atoms with van der Waals surface area (Å²) in [5, 5.41) is 3.37. The topological polar surface area (TPSA) is 47.0 Å². The maximum Gasteiger partial charge on any atom is 0.322 e. The van der Waals surface area contributed by atoms with Crippen LogP contribution in [-0.2, 0) is 6.54 Å². The monoisotopic (exact) mass is 285 g/mol. The van der Waals surface area contributed by atoms with Crippen molar-refractivity contribution < 1.29 is 4.74 Å². The predicted octanol–water partition coefficient (Wildman–Crippen LogP) is 3.69. The van der Waals surface area contributed by atoms with Crippen molar-refractivity contribution in [3.8, 4) is 11.8 Å². The molecular formula is C17H23N3O. The Bertz CT molecular complexity index is 623. The van der Waals surface area contributed by atoms with Crippen LogP contribution in [0.4, 0.5) is 0 Å². The van der Waals surface area contributed by atoms with Crippen LogP contribution in [0.15, 0.2) is 24.4 Å². The number of hydrogen-bond acceptors (Lipinski definition) is 4. The van der Waals surface area contributed by atoms with Gasteiger partial charge in [-0.1, -0.05) is 31.5 Å². The third-order valence-corrected chi connectivity index (χ3v) is 3.29. The number of nitrogens with one attached hydrogen (secondary N) is 1. The van der Waals surface area contributed by atoms with E-state index in [4.69, 9.17) is 4.74 Å². The van der Waals surface area contributed by atoms with E-state index in [2.05, 4.69) is 42.1 Å². The molecule has 0 radical (unpaired) electrons. The van der Waals surface area contributed by atoms with Crippen LogP contribution in [0.5, 0.6) is 11.8 Å². The summed E-state index contributed by atoms with van der Waals surface area (Å²) in [6.07, 6.45) is 1.83. The highest BCUT2D eigenvalue weighted by molar-refractivity contribution is 5.37. The maximum absolute atomic E-state index is 5.78. The summed E-state index contributed by atoms with van der Waals surface area (Å²) >= 11 is 0. The summed E-state index contributed by atoms with van der Waals surface area (Å²) < 4.78 is 5.78. The summed E-state index contributed by atoms with van der Waals surface area (Å²) in [7, 11) is 0. The maximum atomic E-state index is 5.78. The standard InChI is InChI=1S/C17H23N3O/c1-11(2)18-9-15-10-19-17(20-14(15)5)21-16-7-6-12(3)8-13(16)4/h6-8,10-11,18H,9H2,1-5H3. The lowest BCUT2D eigenvalue weighted by molar-refractivity contribution is 0.435. The highest BCUT2D eigenvalue weighted by Crippen LogP contribution is 2.23. The van der Waals surface area contributed by atoms with Crippen molar-refractivity contribution in [2.45, 2.75) is 47.2 Å². The van der Waals surface area contributed by atoms with Crippen LogP contribution >= 0.6 is 0 Å². The third kappa shape index (κ3) is 4.26. The lowest BCUT2D eigenvalue weighted by atomic mass is 10.1. The zero-order chi connectivity index (χ0) is 15.4. The van der Waals surface area contributed by atoms with Crippen molar-refractivity contribution >= 4 is 0 Å². The third-order valence-electron chi connectivity index (χ3n) is 3.29. The van der Waals surface area contributed by atoms with Gasteiger partial charge in [0.2, 0.25) is 0 Å². The number of nitrogens with zero attached hydrogens (tertiary/aromatic N) is 2. The van der Waals surface area contributed by atoms with Gasteiger partial charge in [0.05, 0.1) is 0 Å². The molecule has 4 nitrogen and oxygen atoms in total. The Kier molecular flexibility index (Phi) is 4.91. The van der Waals surface area contributed by atoms with Crippen LogP contribution in [0, 0.1) is 20.8 Å². The highest BCUT2D eigenvalue weighted by Gasteiger charge is 2.07. The normalized spacial score (nSPS) is 11.0. The van der Waals surface area contributed by atoms with Crippen molar-refractivity contribution in [3.63, 3.8) is 0 Å². The van der Waals surface area contributed by atoms with E-state index >= 15 is 0 Å². The minimum Gasteiger partial charge on any atom is -0.424 e. The molecule has 0 spiro atoms. The molecule has 0 aliphatic carbocycles. The van der Waals surface area contributed by atoms with Crippen molar-refractivity contribution in [1.29, 1.82) is 0 Å². The second kappa shape index (κ2) is 6.68. The molecule has 0 aliphatic heterocycles. The van der Waals surface area contributed by atoms with E-state index in [9.17, 15) is 0 Å². The van der Waals surface area contributed by atoms with Gasteiger partial charge in [0.15, 0.2) is 0 Å². The van der Waals surface area contributed by atoms with E-state index in [1.807, 2.05) is 32.2 Å². The Morgan fingerprint density at radius 1 is 1.19 bits per heavy atom. The molecule has 0 amide bonds. The molecule has 1 aromatic heterocycles. The molecule has 1 heterocycles. The fraction of sp³-hybridized carbons (Fsp3) is 0.412. The molecule has 2 rings (SSSR count). The zero-order valence-corrected chi connectivity index (χ0v) is 13.4. The van der Waals surface area contributed by atoms with E-state index in [0.717, 1.165) is 29.1 Å². The zero-order valence-electron chi connectivity index (χ0n) is 13.4. The van der Waals surface area contributed by atoms with E-state index < -0.39 is 0 Å². The summed E-state index contributed by atoms with van der Waals surface area (Å²) in [6, 6.07) is 6.90. The minimum absolute atomic E-state index is 0.396. The molecule has 1 aromatic carbocycles. The number of aryl methyl sites for hydroxylation is 3. The molecule has 0 fully saturated rings. The molecule has 0 saturated carbocycles. The van der Waals surface area contributed by atoms with Crippen LogP contribution < -0.4 is 10.1 Å². The molecule has 0 bridgehead atoms. The largest absolute Gasteiger partial charge is 0.424 e. The van der Waals surface area contributed by atoms with Gasteiger partial charge >= 0.3 is 6.01 Å². The summed E-state index contributed by atoms with van der Waals surface area (Å²) in [6.45, 7) is 11.1. The fourth-order valence-electron chi connectivity index (χ4n) is 2.02. The average molecular weight is 285 g/mol. The quantitative estimate of drug-likeness (QED) is 0.910. The SMILES string of the molecule is Cc1ccc(Oc2ncc(CNC(C)C)c(C)n2)c(C)c1. The van der Waals surface area contributed by atoms with Gasteiger partial charge in [-0.2, -0.15) is 4.98 Å². The first kappa shape index (κ1) is 15.4. The van der Waals surface area contributed by atoms with Gasteiger partial charge in [0.25, 0.3) is 0 Å². The van der Waals surface area contributed by atoms with Crippen LogP contribution in [0.3, 0.4) is 0 Å². The van der Waals surface area contributed by atoms with Gasteiger partial charge in [-0.05, 0) is 32.4 Å². The molecular weight excluding hydrogens is 262 g/mol. The van der Waals surface area contributed by atoms with E-state index in [0.29, 0.717) is 12.1 Å². The molecule has 0 atom stereocenters. The Morgan fingerprint density at radius 3 is 2.57 bits per heavy atom. The Morgan fingerprint density at radius 2 is 1.95 bits per heavy atom. The first-order chi connectivity index (χ1) is 9.95. The number of benzene rings is 1. The van der Waals surface area contributed by atoms with Crippen molar-refractivity contribution in [2.75, 3.05) is 0 Å². The smallest absolute Gasteiger partial charge is 0.322 e. The molecule has 0 aliphatic rings. The van der Waals surface area contributed by atoms with E-state index in [-0.39, 0.29) is 0 Å². The lowest BCUT2D eigenvalue weighted by Gasteiger charge is -2.11. The van der Waals surface area contributed by atoms with Gasteiger partial charge in [-0.25, -0.2) is 4.98 Å². The fourth-order valence-corrected chi connectivity index (χ4v) is 2.02. The molecule has 1 N–H and O–H groups in total. The van der Waals surface area contributed by atoms with E-state index in [1.165, 1.54) is 5.56 Å². The van der Waals surface area contributed by atoms with Crippen LogP contribution in [0.25, 0.3) is 0 Å². The number of ether oxygens (including phenoxy) is 1. The first-order valence-electron chi connectivity index (χ1n) is 7.26. The van der Waals surface area contributed by atoms with Crippen LogP contribution in [0.2, 0.25) is 0 Å². The van der Waals surface area contributed by atoms with Crippen molar-refractivity contribution in [3.05, 3.63) is 46.8 Å². The van der Waals surface area contributed by atoms with E-state index in [1.54, 1.807) is 0 Å². The molecule has 112 valence electrons. The predicted molar refractivity (Wildman–Crippen MR) is 84.7 cm³/mol. The lowest BCUT2D eigenvalue weighted by Crippen LogP contribution is -2.22. The van der Waals surface area contributed by atoms with Gasteiger partial charge in [0.1, 0.15) is 5.75 Å². The second-order valence-electron chi connectivity index (χ2n) is 5.67. The van der Waals surface area contributed by atoms with Gasteiger partial charge in [-0.3, -0.25) is 0 Å². The molecule has 4 heteroatoms. The van der Waals surface area contributed by atoms with Gasteiger partial charge < -0.3 is 10.1 Å². The summed E-state index contributed by atoms with van der Waals surface area (Å²) in [5.74, 6) is 0.799. The Labute approximate surface area is 126 Å².